The Bertz CT molecular complexity index is 392. The Morgan fingerprint density at radius 2 is 2.10 bits per heavy atom. The molecule has 1 N–H and O–H groups in total. The van der Waals surface area contributed by atoms with E-state index >= 15 is 0 Å². The zero-order valence-electron chi connectivity index (χ0n) is 13.3. The molecule has 0 atom stereocenters. The van der Waals surface area contributed by atoms with Gasteiger partial charge in [0.2, 0.25) is 0 Å². The normalized spacial score (nSPS) is 18.2. The third-order valence-electron chi connectivity index (χ3n) is 3.79. The molecule has 1 rings (SSSR count). The number of nitrogens with zero attached hydrogens (tertiary/aromatic N) is 2. The summed E-state index contributed by atoms with van der Waals surface area (Å²) in [5.74, 6) is 0.572. The molecule has 0 aromatic heterocycles. The SMILES string of the molecule is C=CCN(CCOC)S(=O)(=O)N1CCC(CNCC)CC1. The first-order chi connectivity index (χ1) is 10.1. The van der Waals surface area contributed by atoms with E-state index in [1.165, 1.54) is 4.31 Å². The summed E-state index contributed by atoms with van der Waals surface area (Å²) in [6, 6.07) is 0. The van der Waals surface area contributed by atoms with Crippen molar-refractivity contribution in [2.24, 2.45) is 5.92 Å². The fourth-order valence-electron chi connectivity index (χ4n) is 2.49. The summed E-state index contributed by atoms with van der Waals surface area (Å²) < 4.78 is 33.3. The molecule has 1 aliphatic rings. The van der Waals surface area contributed by atoms with E-state index in [2.05, 4.69) is 18.8 Å². The van der Waals surface area contributed by atoms with Gasteiger partial charge in [0, 0.05) is 33.3 Å². The van der Waals surface area contributed by atoms with E-state index in [-0.39, 0.29) is 0 Å². The van der Waals surface area contributed by atoms with Gasteiger partial charge in [0.15, 0.2) is 0 Å². The number of nitrogens with one attached hydrogen (secondary N) is 1. The first-order valence-corrected chi connectivity index (χ1v) is 9.01. The van der Waals surface area contributed by atoms with Crippen LogP contribution in [0.5, 0.6) is 0 Å². The molecule has 0 aliphatic carbocycles. The Morgan fingerprint density at radius 3 is 2.62 bits per heavy atom. The van der Waals surface area contributed by atoms with E-state index in [1.807, 2.05) is 0 Å². The Kier molecular flexibility index (Phi) is 8.43. The molecular weight excluding hydrogens is 290 g/mol. The van der Waals surface area contributed by atoms with Crippen molar-refractivity contribution in [3.05, 3.63) is 12.7 Å². The maximum atomic E-state index is 12.6. The molecule has 6 nitrogen and oxygen atoms in total. The van der Waals surface area contributed by atoms with Crippen LogP contribution < -0.4 is 5.32 Å². The van der Waals surface area contributed by atoms with Crippen LogP contribution in [0, 0.1) is 5.92 Å². The minimum absolute atomic E-state index is 0.322. The van der Waals surface area contributed by atoms with Gasteiger partial charge >= 0.3 is 0 Å². The van der Waals surface area contributed by atoms with Crippen LogP contribution >= 0.6 is 0 Å². The standard InChI is InChI=1S/C14H29N3O3S/c1-4-8-16(11-12-20-3)21(18,19)17-9-6-14(7-10-17)13-15-5-2/h4,14-15H,1,5-13H2,2-3H3. The molecule has 0 amide bonds. The molecular formula is C14H29N3O3S. The van der Waals surface area contributed by atoms with Crippen molar-refractivity contribution in [1.82, 2.24) is 13.9 Å². The smallest absolute Gasteiger partial charge is 0.282 e. The van der Waals surface area contributed by atoms with E-state index in [0.29, 0.717) is 38.7 Å². The van der Waals surface area contributed by atoms with Crippen molar-refractivity contribution in [3.8, 4) is 0 Å². The van der Waals surface area contributed by atoms with Gasteiger partial charge in [-0.05, 0) is 31.8 Å². The Labute approximate surface area is 129 Å². The second-order valence-corrected chi connectivity index (χ2v) is 7.23. The molecule has 0 spiro atoms. The van der Waals surface area contributed by atoms with Crippen molar-refractivity contribution < 1.29 is 13.2 Å². The highest BCUT2D eigenvalue weighted by molar-refractivity contribution is 7.86. The summed E-state index contributed by atoms with van der Waals surface area (Å²) in [7, 11) is -1.83. The van der Waals surface area contributed by atoms with Gasteiger partial charge in [-0.2, -0.15) is 17.0 Å². The highest BCUT2D eigenvalue weighted by Gasteiger charge is 2.32. The number of methoxy groups -OCH3 is 1. The van der Waals surface area contributed by atoms with E-state index < -0.39 is 10.2 Å². The van der Waals surface area contributed by atoms with Crippen LogP contribution in [-0.4, -0.2) is 70.0 Å². The molecule has 124 valence electrons. The molecule has 0 bridgehead atoms. The number of rotatable bonds is 10. The van der Waals surface area contributed by atoms with Gasteiger partial charge in [0.25, 0.3) is 10.2 Å². The average molecular weight is 319 g/mol. The highest BCUT2D eigenvalue weighted by Crippen LogP contribution is 2.20. The van der Waals surface area contributed by atoms with E-state index in [9.17, 15) is 8.42 Å². The number of ether oxygens (including phenoxy) is 1. The van der Waals surface area contributed by atoms with Gasteiger partial charge in [-0.1, -0.05) is 13.0 Å². The fraction of sp³-hybridized carbons (Fsp3) is 0.857. The Morgan fingerprint density at radius 1 is 1.43 bits per heavy atom. The lowest BCUT2D eigenvalue weighted by Gasteiger charge is -2.34. The zero-order chi connectivity index (χ0) is 15.7. The van der Waals surface area contributed by atoms with E-state index in [0.717, 1.165) is 25.9 Å². The van der Waals surface area contributed by atoms with Gasteiger partial charge < -0.3 is 10.1 Å². The predicted molar refractivity (Wildman–Crippen MR) is 85.4 cm³/mol. The summed E-state index contributed by atoms with van der Waals surface area (Å²) in [5, 5.41) is 3.33. The lowest BCUT2D eigenvalue weighted by Crippen LogP contribution is -2.48. The van der Waals surface area contributed by atoms with Gasteiger partial charge in [-0.3, -0.25) is 0 Å². The van der Waals surface area contributed by atoms with Crippen LogP contribution in [0.3, 0.4) is 0 Å². The maximum Gasteiger partial charge on any atom is 0.282 e. The quantitative estimate of drug-likeness (QED) is 0.602. The fourth-order valence-corrected chi connectivity index (χ4v) is 4.09. The molecule has 1 heterocycles. The Hall–Kier alpha value is -0.470. The first kappa shape index (κ1) is 18.6. The van der Waals surface area contributed by atoms with Crippen LogP contribution in [0.25, 0.3) is 0 Å². The van der Waals surface area contributed by atoms with E-state index in [4.69, 9.17) is 4.74 Å². The molecule has 0 aromatic carbocycles. The van der Waals surface area contributed by atoms with Crippen LogP contribution in [0.4, 0.5) is 0 Å². The summed E-state index contributed by atoms with van der Waals surface area (Å²) in [6.45, 7) is 9.93. The van der Waals surface area contributed by atoms with Crippen molar-refractivity contribution in [3.63, 3.8) is 0 Å². The molecule has 1 aliphatic heterocycles. The van der Waals surface area contributed by atoms with Crippen molar-refractivity contribution in [1.29, 1.82) is 0 Å². The summed E-state index contributed by atoms with van der Waals surface area (Å²) in [6.07, 6.45) is 3.45. The Balaban J connectivity index is 2.59. The predicted octanol–water partition coefficient (Wildman–Crippen LogP) is 0.687. The van der Waals surface area contributed by atoms with Crippen LogP contribution in [0.2, 0.25) is 0 Å². The number of hydrogen-bond donors (Lipinski definition) is 1. The van der Waals surface area contributed by atoms with Crippen molar-refractivity contribution >= 4 is 10.2 Å². The molecule has 0 unspecified atom stereocenters. The van der Waals surface area contributed by atoms with Crippen molar-refractivity contribution in [2.45, 2.75) is 19.8 Å². The molecule has 21 heavy (non-hydrogen) atoms. The molecule has 7 heteroatoms. The van der Waals surface area contributed by atoms with Crippen molar-refractivity contribution in [2.75, 3.05) is 53.0 Å². The van der Waals surface area contributed by atoms with Crippen LogP contribution in [0.1, 0.15) is 19.8 Å². The minimum atomic E-state index is -3.41. The molecule has 1 fully saturated rings. The summed E-state index contributed by atoms with van der Waals surface area (Å²) in [4.78, 5) is 0. The second kappa shape index (κ2) is 9.53. The van der Waals surface area contributed by atoms with Gasteiger partial charge in [-0.15, -0.1) is 6.58 Å². The molecule has 1 saturated heterocycles. The number of piperidine rings is 1. The largest absolute Gasteiger partial charge is 0.383 e. The molecule has 0 saturated carbocycles. The number of hydrogen-bond acceptors (Lipinski definition) is 4. The first-order valence-electron chi connectivity index (χ1n) is 7.62. The van der Waals surface area contributed by atoms with E-state index in [1.54, 1.807) is 17.5 Å². The van der Waals surface area contributed by atoms with Gasteiger partial charge in [-0.25, -0.2) is 0 Å². The lowest BCUT2D eigenvalue weighted by molar-refractivity contribution is 0.176. The zero-order valence-corrected chi connectivity index (χ0v) is 14.1. The molecule has 0 radical (unpaired) electrons. The third kappa shape index (κ3) is 5.67. The van der Waals surface area contributed by atoms with Gasteiger partial charge in [0.05, 0.1) is 6.61 Å². The monoisotopic (exact) mass is 319 g/mol. The highest BCUT2D eigenvalue weighted by atomic mass is 32.2. The average Bonchev–Trinajstić information content (AvgIpc) is 2.49. The summed E-state index contributed by atoms with van der Waals surface area (Å²) in [5.41, 5.74) is 0. The molecule has 0 aromatic rings. The topological polar surface area (TPSA) is 61.9 Å². The summed E-state index contributed by atoms with van der Waals surface area (Å²) >= 11 is 0. The maximum absolute atomic E-state index is 12.6. The van der Waals surface area contributed by atoms with Crippen LogP contribution in [-0.2, 0) is 14.9 Å². The second-order valence-electron chi connectivity index (χ2n) is 5.30. The minimum Gasteiger partial charge on any atom is -0.383 e. The van der Waals surface area contributed by atoms with Crippen LogP contribution in [0.15, 0.2) is 12.7 Å². The lowest BCUT2D eigenvalue weighted by atomic mass is 9.98. The van der Waals surface area contributed by atoms with Gasteiger partial charge in [0.1, 0.15) is 0 Å². The third-order valence-corrected chi connectivity index (χ3v) is 5.79.